The first kappa shape index (κ1) is 21.8. The average Bonchev–Trinajstić information content (AvgIpc) is 3.27. The Kier molecular flexibility index (Phi) is 7.55. The van der Waals surface area contributed by atoms with Gasteiger partial charge < -0.3 is 9.42 Å². The number of carbonyl (C=O) groups excluding carboxylic acids is 2. The molecule has 1 aromatic heterocycles. The molecule has 0 fully saturated rings. The maximum atomic E-state index is 12.6. The van der Waals surface area contributed by atoms with Crippen LogP contribution >= 0.6 is 0 Å². The second-order valence-electron chi connectivity index (χ2n) is 6.96. The molecule has 0 bridgehead atoms. The number of para-hydroxylation sites is 1. The molecule has 2 amide bonds. The highest BCUT2D eigenvalue weighted by atomic mass is 16.5. The van der Waals surface area contributed by atoms with Crippen LogP contribution in [-0.4, -0.2) is 23.5 Å². The summed E-state index contributed by atoms with van der Waals surface area (Å²) in [4.78, 5) is 26.5. The number of benzene rings is 2. The van der Waals surface area contributed by atoms with Crippen molar-refractivity contribution in [3.05, 3.63) is 66.2 Å². The van der Waals surface area contributed by atoms with Crippen molar-refractivity contribution in [3.8, 4) is 17.3 Å². The minimum Gasteiger partial charge on any atom is -0.338 e. The number of hydrogen-bond acceptors (Lipinski definition) is 5. The van der Waals surface area contributed by atoms with Gasteiger partial charge in [0, 0.05) is 36.7 Å². The molecular weight excluding hydrogens is 392 g/mol. The largest absolute Gasteiger partial charge is 0.338 e. The number of hydrogen-bond donors (Lipinski definition) is 1. The van der Waals surface area contributed by atoms with Crippen molar-refractivity contribution in [3.63, 3.8) is 0 Å². The Morgan fingerprint density at radius 2 is 1.84 bits per heavy atom. The van der Waals surface area contributed by atoms with E-state index in [1.165, 1.54) is 10.5 Å². The van der Waals surface area contributed by atoms with Crippen molar-refractivity contribution < 1.29 is 14.1 Å². The Morgan fingerprint density at radius 3 is 2.52 bits per heavy atom. The topological polar surface area (TPSA) is 99.2 Å². The van der Waals surface area contributed by atoms with Crippen LogP contribution in [0.25, 0.3) is 11.3 Å². The first-order chi connectivity index (χ1) is 15.1. The first-order valence-corrected chi connectivity index (χ1v) is 10.2. The lowest BCUT2D eigenvalue weighted by Crippen LogP contribution is -2.32. The van der Waals surface area contributed by atoms with E-state index in [1.54, 1.807) is 18.2 Å². The summed E-state index contributed by atoms with van der Waals surface area (Å²) in [5.74, 6) is -0.326. The molecular formula is C24H24N4O3. The molecule has 0 aliphatic carbocycles. The van der Waals surface area contributed by atoms with E-state index in [0.29, 0.717) is 11.4 Å². The fourth-order valence-corrected chi connectivity index (χ4v) is 3.10. The van der Waals surface area contributed by atoms with Gasteiger partial charge in [-0.2, -0.15) is 5.26 Å². The van der Waals surface area contributed by atoms with Crippen LogP contribution in [-0.2, 0) is 16.0 Å². The SMILES string of the molecule is CCc1ccc(-c2cc(NC(=O)CCC(=O)N(CCC#N)c3ccccc3)on2)cc1. The van der Waals surface area contributed by atoms with Crippen LogP contribution in [0, 0.1) is 11.3 Å². The monoisotopic (exact) mass is 416 g/mol. The lowest BCUT2D eigenvalue weighted by Gasteiger charge is -2.21. The molecule has 1 heterocycles. The van der Waals surface area contributed by atoms with E-state index in [4.69, 9.17) is 9.78 Å². The molecule has 0 spiro atoms. The molecule has 0 aliphatic rings. The van der Waals surface area contributed by atoms with Gasteiger partial charge in [0.2, 0.25) is 17.7 Å². The van der Waals surface area contributed by atoms with Gasteiger partial charge in [0.25, 0.3) is 0 Å². The zero-order valence-electron chi connectivity index (χ0n) is 17.4. The third kappa shape index (κ3) is 6.03. The molecule has 31 heavy (non-hydrogen) atoms. The number of nitriles is 1. The fraction of sp³-hybridized carbons (Fsp3) is 0.250. The lowest BCUT2D eigenvalue weighted by molar-refractivity contribution is -0.122. The quantitative estimate of drug-likeness (QED) is 0.551. The minimum absolute atomic E-state index is 0.00402. The molecule has 0 radical (unpaired) electrons. The molecule has 2 aromatic carbocycles. The van der Waals surface area contributed by atoms with E-state index in [2.05, 4.69) is 17.4 Å². The molecule has 7 heteroatoms. The zero-order chi connectivity index (χ0) is 22.1. The van der Waals surface area contributed by atoms with Crippen molar-refractivity contribution in [2.45, 2.75) is 32.6 Å². The van der Waals surface area contributed by atoms with Crippen molar-refractivity contribution >= 4 is 23.4 Å². The van der Waals surface area contributed by atoms with Crippen LogP contribution in [0.15, 0.2) is 65.2 Å². The van der Waals surface area contributed by atoms with Crippen LogP contribution < -0.4 is 10.2 Å². The number of nitrogens with one attached hydrogen (secondary N) is 1. The molecule has 1 N–H and O–H groups in total. The molecule has 158 valence electrons. The van der Waals surface area contributed by atoms with Gasteiger partial charge in [-0.05, 0) is 24.1 Å². The summed E-state index contributed by atoms with van der Waals surface area (Å²) >= 11 is 0. The standard InChI is InChI=1S/C24H24N4O3/c1-2-18-9-11-19(12-10-18)21-17-23(31-27-21)26-22(29)13-14-24(30)28(16-6-15-25)20-7-4-3-5-8-20/h3-5,7-12,17H,2,6,13-14,16H2,1H3,(H,26,29). The number of anilines is 2. The third-order valence-electron chi connectivity index (χ3n) is 4.81. The number of aromatic nitrogens is 1. The van der Waals surface area contributed by atoms with Crippen molar-refractivity contribution in [2.75, 3.05) is 16.8 Å². The van der Waals surface area contributed by atoms with Gasteiger partial charge in [-0.3, -0.25) is 14.9 Å². The van der Waals surface area contributed by atoms with E-state index in [-0.39, 0.29) is 43.5 Å². The number of aryl methyl sites for hydroxylation is 1. The van der Waals surface area contributed by atoms with Crippen LogP contribution in [0.3, 0.4) is 0 Å². The number of rotatable bonds is 9. The Morgan fingerprint density at radius 1 is 1.10 bits per heavy atom. The Hall–Kier alpha value is -3.92. The molecule has 0 saturated carbocycles. The second kappa shape index (κ2) is 10.7. The number of nitrogens with zero attached hydrogens (tertiary/aromatic N) is 3. The van der Waals surface area contributed by atoms with E-state index in [1.807, 2.05) is 48.5 Å². The fourth-order valence-electron chi connectivity index (χ4n) is 3.10. The predicted octanol–water partition coefficient (Wildman–Crippen LogP) is 4.57. The van der Waals surface area contributed by atoms with Crippen LogP contribution in [0.4, 0.5) is 11.6 Å². The van der Waals surface area contributed by atoms with Crippen molar-refractivity contribution in [1.29, 1.82) is 5.26 Å². The average molecular weight is 416 g/mol. The Labute approximate surface area is 181 Å². The molecule has 0 aliphatic heterocycles. The summed E-state index contributed by atoms with van der Waals surface area (Å²) in [5.41, 5.74) is 3.45. The molecule has 7 nitrogen and oxygen atoms in total. The maximum Gasteiger partial charge on any atom is 0.231 e. The van der Waals surface area contributed by atoms with Crippen molar-refractivity contribution in [2.24, 2.45) is 0 Å². The maximum absolute atomic E-state index is 12.6. The molecule has 3 rings (SSSR count). The Balaban J connectivity index is 1.56. The van der Waals surface area contributed by atoms with Gasteiger partial charge in [-0.1, -0.05) is 54.5 Å². The van der Waals surface area contributed by atoms with Gasteiger partial charge in [0.05, 0.1) is 12.5 Å². The predicted molar refractivity (Wildman–Crippen MR) is 118 cm³/mol. The second-order valence-corrected chi connectivity index (χ2v) is 6.96. The molecule has 0 saturated heterocycles. The van der Waals surface area contributed by atoms with E-state index in [0.717, 1.165) is 12.0 Å². The van der Waals surface area contributed by atoms with E-state index < -0.39 is 0 Å². The molecule has 0 atom stereocenters. The summed E-state index contributed by atoms with van der Waals surface area (Å²) in [7, 11) is 0. The summed E-state index contributed by atoms with van der Waals surface area (Å²) in [6.45, 7) is 2.37. The van der Waals surface area contributed by atoms with Gasteiger partial charge in [0.1, 0.15) is 5.69 Å². The highest BCUT2D eigenvalue weighted by Crippen LogP contribution is 2.22. The summed E-state index contributed by atoms with van der Waals surface area (Å²) < 4.78 is 5.21. The van der Waals surface area contributed by atoms with Gasteiger partial charge in [-0.15, -0.1) is 0 Å². The van der Waals surface area contributed by atoms with Crippen LogP contribution in [0.2, 0.25) is 0 Å². The minimum atomic E-state index is -0.342. The van der Waals surface area contributed by atoms with Gasteiger partial charge in [-0.25, -0.2) is 0 Å². The molecule has 0 unspecified atom stereocenters. The van der Waals surface area contributed by atoms with Crippen LogP contribution in [0.1, 0.15) is 31.7 Å². The highest BCUT2D eigenvalue weighted by Gasteiger charge is 2.17. The van der Waals surface area contributed by atoms with Crippen molar-refractivity contribution in [1.82, 2.24) is 5.16 Å². The summed E-state index contributed by atoms with van der Waals surface area (Å²) in [6.07, 6.45) is 1.19. The summed E-state index contributed by atoms with van der Waals surface area (Å²) in [5, 5.41) is 15.5. The Bertz CT molecular complexity index is 1050. The number of carbonyl (C=O) groups is 2. The molecule has 3 aromatic rings. The van der Waals surface area contributed by atoms with E-state index >= 15 is 0 Å². The normalized spacial score (nSPS) is 10.3. The van der Waals surface area contributed by atoms with Gasteiger partial charge >= 0.3 is 0 Å². The van der Waals surface area contributed by atoms with Crippen LogP contribution in [0.5, 0.6) is 0 Å². The first-order valence-electron chi connectivity index (χ1n) is 10.2. The summed E-state index contributed by atoms with van der Waals surface area (Å²) in [6, 6.07) is 20.8. The van der Waals surface area contributed by atoms with Gasteiger partial charge in [0.15, 0.2) is 0 Å². The van der Waals surface area contributed by atoms with E-state index in [9.17, 15) is 9.59 Å². The number of amides is 2. The highest BCUT2D eigenvalue weighted by molar-refractivity contribution is 5.97. The smallest absolute Gasteiger partial charge is 0.231 e. The zero-order valence-corrected chi connectivity index (χ0v) is 17.4. The third-order valence-corrected chi connectivity index (χ3v) is 4.81. The lowest BCUT2D eigenvalue weighted by atomic mass is 10.1.